The number of benzene rings is 1. The predicted octanol–water partition coefficient (Wildman–Crippen LogP) is 2.71. The zero-order valence-corrected chi connectivity index (χ0v) is 15.9. The van der Waals surface area contributed by atoms with Gasteiger partial charge >= 0.3 is 0 Å². The molecule has 0 atom stereocenters. The molecule has 1 aromatic heterocycles. The first kappa shape index (κ1) is 17.6. The average molecular weight is 375 g/mol. The van der Waals surface area contributed by atoms with Gasteiger partial charge in [-0.2, -0.15) is 4.80 Å². The maximum atomic E-state index is 12.2. The third-order valence-corrected chi connectivity index (χ3v) is 6.85. The topological polar surface area (TPSA) is 89.8 Å². The minimum atomic E-state index is -3.51. The molecule has 0 bridgehead atoms. The van der Waals surface area contributed by atoms with Gasteiger partial charge in [0, 0.05) is 5.56 Å². The van der Waals surface area contributed by atoms with Gasteiger partial charge in [-0.1, -0.05) is 38.2 Å². The van der Waals surface area contributed by atoms with Crippen LogP contribution >= 0.6 is 0 Å². The van der Waals surface area contributed by atoms with E-state index in [-0.39, 0.29) is 4.90 Å². The van der Waals surface area contributed by atoms with Crippen LogP contribution in [0.1, 0.15) is 56.6 Å². The van der Waals surface area contributed by atoms with E-state index in [1.165, 1.54) is 39.2 Å². The Kier molecular flexibility index (Phi) is 4.79. The number of rotatable bonds is 6. The minimum absolute atomic E-state index is 0.241. The quantitative estimate of drug-likeness (QED) is 0.838. The summed E-state index contributed by atoms with van der Waals surface area (Å²) in [5, 5.41) is 12.9. The Labute approximate surface area is 154 Å². The molecule has 0 amide bonds. The molecule has 2 aliphatic rings. The Morgan fingerprint density at radius 2 is 1.92 bits per heavy atom. The van der Waals surface area contributed by atoms with E-state index in [2.05, 4.69) is 20.1 Å². The summed E-state index contributed by atoms with van der Waals surface area (Å²) in [5.41, 5.74) is 1.90. The van der Waals surface area contributed by atoms with Crippen molar-refractivity contribution >= 4 is 10.0 Å². The fourth-order valence-corrected chi connectivity index (χ4v) is 4.48. The van der Waals surface area contributed by atoms with Gasteiger partial charge in [0.2, 0.25) is 15.8 Å². The molecular formula is C18H25N5O2S. The Bertz CT molecular complexity index is 883. The second kappa shape index (κ2) is 7.08. The maximum Gasteiger partial charge on any atom is 0.240 e. The first-order chi connectivity index (χ1) is 12.6. The molecule has 26 heavy (non-hydrogen) atoms. The van der Waals surface area contributed by atoms with E-state index in [1.807, 2.05) is 6.07 Å². The lowest BCUT2D eigenvalue weighted by Gasteiger charge is -2.22. The zero-order valence-electron chi connectivity index (χ0n) is 15.1. The Morgan fingerprint density at radius 1 is 1.15 bits per heavy atom. The van der Waals surface area contributed by atoms with E-state index < -0.39 is 10.0 Å². The fraction of sp³-hybridized carbons (Fsp3) is 0.611. The third kappa shape index (κ3) is 3.66. The van der Waals surface area contributed by atoms with Crippen LogP contribution in [-0.4, -0.2) is 35.7 Å². The minimum Gasteiger partial charge on any atom is -0.214 e. The lowest BCUT2D eigenvalue weighted by atomic mass is 9.84. The van der Waals surface area contributed by atoms with Crippen molar-refractivity contribution in [3.05, 3.63) is 23.8 Å². The van der Waals surface area contributed by atoms with Crippen LogP contribution in [0.2, 0.25) is 0 Å². The number of hydrogen-bond donors (Lipinski definition) is 1. The van der Waals surface area contributed by atoms with Crippen LogP contribution in [0, 0.1) is 5.92 Å². The van der Waals surface area contributed by atoms with E-state index in [4.69, 9.17) is 0 Å². The van der Waals surface area contributed by atoms with Crippen LogP contribution in [-0.2, 0) is 16.4 Å². The van der Waals surface area contributed by atoms with Crippen molar-refractivity contribution in [2.24, 2.45) is 5.92 Å². The van der Waals surface area contributed by atoms with Crippen molar-refractivity contribution in [2.75, 3.05) is 7.05 Å². The molecule has 1 N–H and O–H groups in total. The second-order valence-electron chi connectivity index (χ2n) is 7.40. The summed E-state index contributed by atoms with van der Waals surface area (Å²) in [6.07, 6.45) is 9.45. The molecule has 0 radical (unpaired) electrons. The van der Waals surface area contributed by atoms with Crippen LogP contribution in [0.15, 0.2) is 23.1 Å². The molecule has 2 fully saturated rings. The summed E-state index contributed by atoms with van der Waals surface area (Å²) >= 11 is 0. The van der Waals surface area contributed by atoms with Gasteiger partial charge in [0.25, 0.3) is 0 Å². The summed E-state index contributed by atoms with van der Waals surface area (Å²) in [5.74, 6) is 1.17. The number of hydrogen-bond acceptors (Lipinski definition) is 5. The average Bonchev–Trinajstić information content (AvgIpc) is 3.40. The molecule has 0 spiro atoms. The van der Waals surface area contributed by atoms with Crippen molar-refractivity contribution in [3.63, 3.8) is 0 Å². The summed E-state index contributed by atoms with van der Waals surface area (Å²) in [6, 6.07) is 5.64. The van der Waals surface area contributed by atoms with Gasteiger partial charge in [-0.05, 0) is 55.1 Å². The van der Waals surface area contributed by atoms with E-state index in [0.29, 0.717) is 17.8 Å². The van der Waals surface area contributed by atoms with Crippen molar-refractivity contribution < 1.29 is 8.42 Å². The van der Waals surface area contributed by atoms with E-state index in [0.717, 1.165) is 30.4 Å². The van der Waals surface area contributed by atoms with Crippen LogP contribution < -0.4 is 4.72 Å². The van der Waals surface area contributed by atoms with E-state index in [1.54, 1.807) is 16.9 Å². The fourth-order valence-electron chi connectivity index (χ4n) is 3.72. The highest BCUT2D eigenvalue weighted by molar-refractivity contribution is 7.89. The molecular weight excluding hydrogens is 350 g/mol. The normalized spacial score (nSPS) is 19.0. The number of tetrazole rings is 1. The van der Waals surface area contributed by atoms with Crippen LogP contribution in [0.5, 0.6) is 0 Å². The van der Waals surface area contributed by atoms with Crippen LogP contribution in [0.3, 0.4) is 0 Å². The first-order valence-corrected chi connectivity index (χ1v) is 10.9. The number of sulfonamides is 1. The molecule has 0 saturated heterocycles. The molecule has 2 aliphatic carbocycles. The van der Waals surface area contributed by atoms with Crippen molar-refractivity contribution in [2.45, 2.75) is 62.3 Å². The second-order valence-corrected chi connectivity index (χ2v) is 9.29. The largest absolute Gasteiger partial charge is 0.240 e. The highest BCUT2D eigenvalue weighted by Crippen LogP contribution is 2.35. The lowest BCUT2D eigenvalue weighted by molar-refractivity contribution is 0.357. The third-order valence-electron chi connectivity index (χ3n) is 5.44. The molecule has 1 aromatic carbocycles. The molecule has 8 heteroatoms. The van der Waals surface area contributed by atoms with E-state index >= 15 is 0 Å². The SMILES string of the molecule is CNS(=O)(=O)c1ccc(CC2CCCCC2)c(-c2nnn(C3CC3)n2)c1. The van der Waals surface area contributed by atoms with Gasteiger partial charge in [0.1, 0.15) is 0 Å². The smallest absolute Gasteiger partial charge is 0.214 e. The zero-order chi connectivity index (χ0) is 18.1. The monoisotopic (exact) mass is 375 g/mol. The van der Waals surface area contributed by atoms with Gasteiger partial charge < -0.3 is 0 Å². The van der Waals surface area contributed by atoms with Crippen molar-refractivity contribution in [1.82, 2.24) is 24.9 Å². The van der Waals surface area contributed by atoms with Gasteiger partial charge in [0.15, 0.2) is 0 Å². The Morgan fingerprint density at radius 3 is 2.62 bits per heavy atom. The van der Waals surface area contributed by atoms with Gasteiger partial charge in [0.05, 0.1) is 10.9 Å². The van der Waals surface area contributed by atoms with Gasteiger partial charge in [-0.3, -0.25) is 0 Å². The van der Waals surface area contributed by atoms with Gasteiger partial charge in [-0.25, -0.2) is 13.1 Å². The highest BCUT2D eigenvalue weighted by Gasteiger charge is 2.27. The van der Waals surface area contributed by atoms with Crippen LogP contribution in [0.4, 0.5) is 0 Å². The lowest BCUT2D eigenvalue weighted by Crippen LogP contribution is -2.19. The highest BCUT2D eigenvalue weighted by atomic mass is 32.2. The number of aromatic nitrogens is 4. The molecule has 0 aliphatic heterocycles. The number of nitrogens with zero attached hydrogens (tertiary/aromatic N) is 4. The Balaban J connectivity index is 1.71. The molecule has 0 unspecified atom stereocenters. The summed E-state index contributed by atoms with van der Waals surface area (Å²) in [4.78, 5) is 1.91. The van der Waals surface area contributed by atoms with Crippen molar-refractivity contribution in [3.8, 4) is 11.4 Å². The maximum absolute atomic E-state index is 12.2. The van der Waals surface area contributed by atoms with E-state index in [9.17, 15) is 8.42 Å². The number of nitrogens with one attached hydrogen (secondary N) is 1. The molecule has 1 heterocycles. The molecule has 7 nitrogen and oxygen atoms in total. The van der Waals surface area contributed by atoms with Crippen molar-refractivity contribution in [1.29, 1.82) is 0 Å². The standard InChI is InChI=1S/C18H25N5O2S/c1-19-26(24,25)16-10-7-14(11-13-5-3-2-4-6-13)17(12-16)18-20-22-23(21-18)15-8-9-15/h7,10,12-13,15,19H,2-6,8-9,11H2,1H3. The predicted molar refractivity (Wildman–Crippen MR) is 98.0 cm³/mol. The summed E-state index contributed by atoms with van der Waals surface area (Å²) in [6.45, 7) is 0. The van der Waals surface area contributed by atoms with Gasteiger partial charge in [-0.15, -0.1) is 10.2 Å². The summed E-state index contributed by atoms with van der Waals surface area (Å²) < 4.78 is 26.9. The Hall–Kier alpha value is -1.80. The first-order valence-electron chi connectivity index (χ1n) is 9.43. The van der Waals surface area contributed by atoms with Crippen LogP contribution in [0.25, 0.3) is 11.4 Å². The molecule has 2 saturated carbocycles. The molecule has 4 rings (SSSR count). The molecule has 2 aromatic rings. The molecule has 140 valence electrons. The summed E-state index contributed by atoms with van der Waals surface area (Å²) in [7, 11) is -2.09.